The molecule has 0 saturated heterocycles. The summed E-state index contributed by atoms with van der Waals surface area (Å²) in [7, 11) is -3.99. The Labute approximate surface area is 158 Å². The van der Waals surface area contributed by atoms with Gasteiger partial charge < -0.3 is 9.47 Å². The summed E-state index contributed by atoms with van der Waals surface area (Å²) in [4.78, 5) is 11.5. The molecule has 0 spiro atoms. The predicted molar refractivity (Wildman–Crippen MR) is 98.7 cm³/mol. The standard InChI is InChI=1S/C19H20N2O5S/c1-14-9-15(2)11-17(10-14)25-7-8-26-19(22)13-21-27(23,24)18-6-4-3-5-16(18)12-20/h3-6,9-11,21H,7-8,13H2,1-2H3. The molecule has 142 valence electrons. The fraction of sp³-hybridized carbons (Fsp3) is 0.263. The Morgan fingerprint density at radius 1 is 1.11 bits per heavy atom. The molecule has 0 atom stereocenters. The van der Waals surface area contributed by atoms with Gasteiger partial charge in [-0.25, -0.2) is 8.42 Å². The maximum Gasteiger partial charge on any atom is 0.321 e. The number of benzene rings is 2. The summed E-state index contributed by atoms with van der Waals surface area (Å²) in [6.07, 6.45) is 0. The van der Waals surface area contributed by atoms with E-state index in [2.05, 4.69) is 4.72 Å². The van der Waals surface area contributed by atoms with E-state index < -0.39 is 22.5 Å². The molecule has 0 aliphatic carbocycles. The first kappa shape index (κ1) is 20.4. The Morgan fingerprint density at radius 2 is 1.78 bits per heavy atom. The summed E-state index contributed by atoms with van der Waals surface area (Å²) >= 11 is 0. The molecule has 0 aliphatic rings. The highest BCUT2D eigenvalue weighted by molar-refractivity contribution is 7.89. The quantitative estimate of drug-likeness (QED) is 0.548. The number of nitrogens with one attached hydrogen (secondary N) is 1. The lowest BCUT2D eigenvalue weighted by atomic mass is 10.1. The first-order chi connectivity index (χ1) is 12.8. The van der Waals surface area contributed by atoms with Crippen molar-refractivity contribution < 1.29 is 22.7 Å². The summed E-state index contributed by atoms with van der Waals surface area (Å²) in [6.45, 7) is 3.51. The molecule has 2 aromatic carbocycles. The third kappa shape index (κ3) is 6.09. The summed E-state index contributed by atoms with van der Waals surface area (Å²) in [5, 5.41) is 8.98. The average molecular weight is 388 g/mol. The highest BCUT2D eigenvalue weighted by Crippen LogP contribution is 2.16. The second-order valence-electron chi connectivity index (χ2n) is 5.82. The monoisotopic (exact) mass is 388 g/mol. The fourth-order valence-electron chi connectivity index (χ4n) is 2.41. The number of ether oxygens (including phenoxy) is 2. The van der Waals surface area contributed by atoms with Crippen molar-refractivity contribution in [1.29, 1.82) is 5.26 Å². The molecule has 0 amide bonds. The molecule has 7 nitrogen and oxygen atoms in total. The summed E-state index contributed by atoms with van der Waals surface area (Å²) < 4.78 is 37.0. The number of hydrogen-bond donors (Lipinski definition) is 1. The molecule has 2 aromatic rings. The van der Waals surface area contributed by atoms with Crippen LogP contribution >= 0.6 is 0 Å². The molecule has 0 fully saturated rings. The smallest absolute Gasteiger partial charge is 0.321 e. The van der Waals surface area contributed by atoms with Gasteiger partial charge in [0.2, 0.25) is 10.0 Å². The maximum absolute atomic E-state index is 12.2. The van der Waals surface area contributed by atoms with Gasteiger partial charge in [-0.15, -0.1) is 0 Å². The number of rotatable bonds is 8. The van der Waals surface area contributed by atoms with Crippen LogP contribution in [0.15, 0.2) is 47.4 Å². The van der Waals surface area contributed by atoms with Crippen LogP contribution in [0.3, 0.4) is 0 Å². The number of carbonyl (C=O) groups is 1. The van der Waals surface area contributed by atoms with E-state index in [1.54, 1.807) is 12.1 Å². The van der Waals surface area contributed by atoms with Gasteiger partial charge in [0.25, 0.3) is 0 Å². The molecule has 0 unspecified atom stereocenters. The van der Waals surface area contributed by atoms with Gasteiger partial charge in [-0.3, -0.25) is 4.79 Å². The van der Waals surface area contributed by atoms with Crippen molar-refractivity contribution in [3.05, 3.63) is 59.2 Å². The number of esters is 1. The van der Waals surface area contributed by atoms with Crippen LogP contribution in [0.1, 0.15) is 16.7 Å². The minimum absolute atomic E-state index is 0.000199. The molecule has 0 radical (unpaired) electrons. The Hall–Kier alpha value is -2.89. The lowest BCUT2D eigenvalue weighted by Gasteiger charge is -2.10. The van der Waals surface area contributed by atoms with Crippen molar-refractivity contribution >= 4 is 16.0 Å². The maximum atomic E-state index is 12.2. The topological polar surface area (TPSA) is 105 Å². The lowest BCUT2D eigenvalue weighted by Crippen LogP contribution is -2.31. The van der Waals surface area contributed by atoms with E-state index in [1.807, 2.05) is 32.0 Å². The predicted octanol–water partition coefficient (Wildman–Crippen LogP) is 2.08. The zero-order valence-electron chi connectivity index (χ0n) is 15.1. The molecule has 0 saturated carbocycles. The minimum Gasteiger partial charge on any atom is -0.490 e. The molecule has 27 heavy (non-hydrogen) atoms. The Morgan fingerprint density at radius 3 is 2.44 bits per heavy atom. The first-order valence-corrected chi connectivity index (χ1v) is 9.65. The molecular formula is C19H20N2O5S. The summed E-state index contributed by atoms with van der Waals surface area (Å²) in [6, 6.07) is 13.3. The second-order valence-corrected chi connectivity index (χ2v) is 7.56. The van der Waals surface area contributed by atoms with E-state index in [-0.39, 0.29) is 23.7 Å². The Bertz CT molecular complexity index is 944. The van der Waals surface area contributed by atoms with E-state index in [9.17, 15) is 13.2 Å². The van der Waals surface area contributed by atoms with Gasteiger partial charge >= 0.3 is 5.97 Å². The van der Waals surface area contributed by atoms with E-state index in [0.717, 1.165) is 11.1 Å². The highest BCUT2D eigenvalue weighted by Gasteiger charge is 2.19. The number of sulfonamides is 1. The fourth-order valence-corrected chi connectivity index (χ4v) is 3.53. The van der Waals surface area contributed by atoms with Crippen molar-refractivity contribution in [2.24, 2.45) is 0 Å². The van der Waals surface area contributed by atoms with Gasteiger partial charge in [-0.05, 0) is 49.2 Å². The Balaban J connectivity index is 1.80. The third-order valence-electron chi connectivity index (χ3n) is 3.51. The van der Waals surface area contributed by atoms with Crippen molar-refractivity contribution in [3.8, 4) is 11.8 Å². The Kier molecular flexibility index (Phi) is 6.93. The molecule has 0 aliphatic heterocycles. The van der Waals surface area contributed by atoms with Crippen molar-refractivity contribution in [3.63, 3.8) is 0 Å². The van der Waals surface area contributed by atoms with Gasteiger partial charge in [0, 0.05) is 0 Å². The van der Waals surface area contributed by atoms with Gasteiger partial charge in [-0.2, -0.15) is 9.98 Å². The van der Waals surface area contributed by atoms with Crippen LogP contribution in [-0.2, 0) is 19.6 Å². The van der Waals surface area contributed by atoms with Crippen LogP contribution < -0.4 is 9.46 Å². The highest BCUT2D eigenvalue weighted by atomic mass is 32.2. The van der Waals surface area contributed by atoms with E-state index in [0.29, 0.717) is 5.75 Å². The number of nitriles is 1. The number of carbonyl (C=O) groups excluding carboxylic acids is 1. The van der Waals surface area contributed by atoms with Crippen molar-refractivity contribution in [2.75, 3.05) is 19.8 Å². The summed E-state index contributed by atoms with van der Waals surface area (Å²) in [5.41, 5.74) is 2.13. The normalized spacial score (nSPS) is 10.9. The average Bonchev–Trinajstić information content (AvgIpc) is 2.63. The zero-order valence-corrected chi connectivity index (χ0v) is 15.9. The van der Waals surface area contributed by atoms with Crippen LogP contribution in [0.2, 0.25) is 0 Å². The van der Waals surface area contributed by atoms with Gasteiger partial charge in [0.15, 0.2) is 0 Å². The molecule has 0 heterocycles. The molecule has 2 rings (SSSR count). The van der Waals surface area contributed by atoms with E-state index in [4.69, 9.17) is 14.7 Å². The van der Waals surface area contributed by atoms with Crippen LogP contribution in [0.25, 0.3) is 0 Å². The lowest BCUT2D eigenvalue weighted by molar-refractivity contribution is -0.142. The van der Waals surface area contributed by atoms with Crippen LogP contribution in [0.4, 0.5) is 0 Å². The first-order valence-electron chi connectivity index (χ1n) is 8.17. The second kappa shape index (κ2) is 9.16. The minimum atomic E-state index is -3.99. The number of aryl methyl sites for hydroxylation is 2. The SMILES string of the molecule is Cc1cc(C)cc(OCCOC(=O)CNS(=O)(=O)c2ccccc2C#N)c1. The molecular weight excluding hydrogens is 368 g/mol. The van der Waals surface area contributed by atoms with Crippen LogP contribution in [-0.4, -0.2) is 34.1 Å². The molecule has 1 N–H and O–H groups in total. The largest absolute Gasteiger partial charge is 0.490 e. The van der Waals surface area contributed by atoms with Crippen molar-refractivity contribution in [1.82, 2.24) is 4.72 Å². The third-order valence-corrected chi connectivity index (χ3v) is 4.97. The number of hydrogen-bond acceptors (Lipinski definition) is 6. The molecule has 0 bridgehead atoms. The van der Waals surface area contributed by atoms with Gasteiger partial charge in [0.05, 0.1) is 10.5 Å². The van der Waals surface area contributed by atoms with E-state index >= 15 is 0 Å². The number of nitrogens with zero attached hydrogens (tertiary/aromatic N) is 1. The zero-order chi connectivity index (χ0) is 19.9. The van der Waals surface area contributed by atoms with Gasteiger partial charge in [-0.1, -0.05) is 18.2 Å². The molecule has 0 aromatic heterocycles. The molecule has 8 heteroatoms. The van der Waals surface area contributed by atoms with Crippen LogP contribution in [0, 0.1) is 25.2 Å². The van der Waals surface area contributed by atoms with E-state index in [1.165, 1.54) is 18.2 Å². The van der Waals surface area contributed by atoms with Crippen LogP contribution in [0.5, 0.6) is 5.75 Å². The van der Waals surface area contributed by atoms with Gasteiger partial charge in [0.1, 0.15) is 31.6 Å². The summed E-state index contributed by atoms with van der Waals surface area (Å²) in [5.74, 6) is -0.0607. The van der Waals surface area contributed by atoms with Crippen molar-refractivity contribution in [2.45, 2.75) is 18.7 Å².